The highest BCUT2D eigenvalue weighted by Gasteiger charge is 2.53. The fraction of sp³-hybridized carbons (Fsp3) is 0.355. The predicted molar refractivity (Wildman–Crippen MR) is 155 cm³/mol. The van der Waals surface area contributed by atoms with Gasteiger partial charge in [0, 0.05) is 31.6 Å². The topological polar surface area (TPSA) is 126 Å². The van der Waals surface area contributed by atoms with Crippen LogP contribution in [0, 0.1) is 5.92 Å². The number of nitrogens with one attached hydrogen (secondary N) is 2. The third-order valence-corrected chi connectivity index (χ3v) is 9.01. The van der Waals surface area contributed by atoms with Crippen molar-refractivity contribution in [3.8, 4) is 5.75 Å². The average Bonchev–Trinajstić information content (AvgIpc) is 3.75. The van der Waals surface area contributed by atoms with Gasteiger partial charge in [-0.2, -0.15) is 0 Å². The minimum absolute atomic E-state index is 0.0449. The number of amides is 1. The first-order valence-electron chi connectivity index (χ1n) is 13.9. The normalized spacial score (nSPS) is 20.2. The van der Waals surface area contributed by atoms with Crippen LogP contribution in [0.4, 0.5) is 0 Å². The van der Waals surface area contributed by atoms with E-state index < -0.39 is 27.4 Å². The van der Waals surface area contributed by atoms with Crippen LogP contribution in [-0.4, -0.2) is 56.4 Å². The van der Waals surface area contributed by atoms with Crippen LogP contribution in [0.25, 0.3) is 0 Å². The van der Waals surface area contributed by atoms with Gasteiger partial charge < -0.3 is 14.6 Å². The minimum Gasteiger partial charge on any atom is -0.494 e. The van der Waals surface area contributed by atoms with Gasteiger partial charge in [0.15, 0.2) is 21.5 Å². The molecule has 0 aromatic heterocycles. The summed E-state index contributed by atoms with van der Waals surface area (Å²) in [7, 11) is -3.71. The van der Waals surface area contributed by atoms with Gasteiger partial charge in [-0.25, -0.2) is 18.8 Å². The number of hydrogen-bond donors (Lipinski definition) is 3. The number of hydrazine groups is 1. The molecule has 0 radical (unpaired) electrons. The van der Waals surface area contributed by atoms with Crippen molar-refractivity contribution in [2.75, 3.05) is 25.5 Å². The lowest BCUT2D eigenvalue weighted by molar-refractivity contribution is -0.130. The molecule has 216 valence electrons. The molecule has 3 N–H and O–H groups in total. The number of nitrogens with zero attached hydrogens (tertiary/aromatic N) is 1. The number of aliphatic hydroxyl groups is 1. The zero-order valence-electron chi connectivity index (χ0n) is 22.7. The van der Waals surface area contributed by atoms with Crippen molar-refractivity contribution >= 4 is 21.6 Å². The van der Waals surface area contributed by atoms with Crippen LogP contribution in [0.3, 0.4) is 0 Å². The maximum absolute atomic E-state index is 14.0. The molecule has 1 saturated carbocycles. The van der Waals surface area contributed by atoms with Crippen LogP contribution in [-0.2, 0) is 19.4 Å². The first kappa shape index (κ1) is 28.8. The summed E-state index contributed by atoms with van der Waals surface area (Å²) in [5.41, 5.74) is 5.63. The molecule has 0 spiro atoms. The third-order valence-electron chi connectivity index (χ3n) is 7.28. The van der Waals surface area contributed by atoms with E-state index in [0.29, 0.717) is 42.4 Å². The van der Waals surface area contributed by atoms with E-state index in [1.165, 1.54) is 0 Å². The molecule has 9 nitrogen and oxygen atoms in total. The van der Waals surface area contributed by atoms with Gasteiger partial charge >= 0.3 is 0 Å². The molecule has 1 heterocycles. The Hall–Kier alpha value is -3.73. The average molecular weight is 578 g/mol. The number of aliphatic imine (C=N–C) groups is 1. The quantitative estimate of drug-likeness (QED) is 0.197. The molecule has 5 rings (SSSR count). The molecule has 3 aromatic carbocycles. The Bertz CT molecular complexity index is 1440. The van der Waals surface area contributed by atoms with Crippen LogP contribution in [0.2, 0.25) is 0 Å². The smallest absolute Gasteiger partial charge is 0.266 e. The lowest BCUT2D eigenvalue weighted by atomic mass is 9.85. The largest absolute Gasteiger partial charge is 0.494 e. The Morgan fingerprint density at radius 2 is 1.68 bits per heavy atom. The van der Waals surface area contributed by atoms with E-state index in [4.69, 9.17) is 19.6 Å². The molecule has 0 unspecified atom stereocenters. The standard InChI is InChI=1S/C31H35N3O6S/c35-19-7-20-39-26-16-14-25(15-17-26)29-33-31(30(36)34-32-22-23-12-13-23,28(40-29)24-8-3-1-4-9-24)18-21-41(37,38)27-10-5-2-6-11-27/h1-6,8-11,14-17,23,28,32,35H,7,12-13,18-22H2,(H,34,36)/t28-,31-/m0/s1. The molecular formula is C31H35N3O6S. The summed E-state index contributed by atoms with van der Waals surface area (Å²) in [6.07, 6.45) is 1.80. The fourth-order valence-corrected chi connectivity index (χ4v) is 6.13. The molecular weight excluding hydrogens is 542 g/mol. The van der Waals surface area contributed by atoms with Gasteiger partial charge in [0.05, 0.1) is 17.3 Å². The van der Waals surface area contributed by atoms with E-state index in [1.54, 1.807) is 54.6 Å². The van der Waals surface area contributed by atoms with E-state index in [1.807, 2.05) is 30.3 Å². The van der Waals surface area contributed by atoms with Gasteiger partial charge in [0.25, 0.3) is 5.91 Å². The number of sulfone groups is 1. The highest BCUT2D eigenvalue weighted by atomic mass is 32.2. The fourth-order valence-electron chi connectivity index (χ4n) is 4.74. The summed E-state index contributed by atoms with van der Waals surface area (Å²) < 4.78 is 38.7. The molecule has 2 aliphatic rings. The van der Waals surface area contributed by atoms with Gasteiger partial charge in [0.1, 0.15) is 5.75 Å². The molecule has 10 heteroatoms. The number of aliphatic hydroxyl groups excluding tert-OH is 1. The third kappa shape index (κ3) is 6.95. The van der Waals surface area contributed by atoms with Crippen molar-refractivity contribution in [2.24, 2.45) is 10.9 Å². The highest BCUT2D eigenvalue weighted by molar-refractivity contribution is 7.91. The van der Waals surface area contributed by atoms with Crippen molar-refractivity contribution in [3.63, 3.8) is 0 Å². The van der Waals surface area contributed by atoms with Crippen LogP contribution < -0.4 is 15.6 Å². The van der Waals surface area contributed by atoms with Crippen molar-refractivity contribution in [3.05, 3.63) is 96.1 Å². The second-order valence-electron chi connectivity index (χ2n) is 10.4. The van der Waals surface area contributed by atoms with E-state index in [2.05, 4.69) is 10.9 Å². The van der Waals surface area contributed by atoms with Crippen LogP contribution >= 0.6 is 0 Å². The zero-order chi connectivity index (χ0) is 28.7. The minimum atomic E-state index is -3.71. The Balaban J connectivity index is 1.49. The second-order valence-corrected chi connectivity index (χ2v) is 12.5. The van der Waals surface area contributed by atoms with Crippen molar-refractivity contribution in [2.45, 2.75) is 42.2 Å². The molecule has 41 heavy (non-hydrogen) atoms. The number of benzene rings is 3. The van der Waals surface area contributed by atoms with Crippen LogP contribution in [0.5, 0.6) is 5.75 Å². The Morgan fingerprint density at radius 3 is 2.34 bits per heavy atom. The van der Waals surface area contributed by atoms with E-state index >= 15 is 0 Å². The molecule has 0 saturated heterocycles. The number of carbonyl (C=O) groups is 1. The van der Waals surface area contributed by atoms with Crippen LogP contribution in [0.15, 0.2) is 94.8 Å². The number of hydrogen-bond acceptors (Lipinski definition) is 8. The molecule has 1 amide bonds. The Morgan fingerprint density at radius 1 is 1.00 bits per heavy atom. The molecule has 1 fully saturated rings. The van der Waals surface area contributed by atoms with E-state index in [-0.39, 0.29) is 29.6 Å². The first-order chi connectivity index (χ1) is 19.9. The maximum atomic E-state index is 14.0. The summed E-state index contributed by atoms with van der Waals surface area (Å²) in [5.74, 6) is 0.646. The van der Waals surface area contributed by atoms with Gasteiger partial charge in [-0.05, 0) is 60.7 Å². The van der Waals surface area contributed by atoms with Crippen molar-refractivity contribution in [1.29, 1.82) is 0 Å². The highest BCUT2D eigenvalue weighted by Crippen LogP contribution is 2.43. The number of rotatable bonds is 14. The second kappa shape index (κ2) is 12.8. The summed E-state index contributed by atoms with van der Waals surface area (Å²) >= 11 is 0. The molecule has 2 atom stereocenters. The van der Waals surface area contributed by atoms with E-state index in [9.17, 15) is 13.2 Å². The van der Waals surface area contributed by atoms with E-state index in [0.717, 1.165) is 12.8 Å². The van der Waals surface area contributed by atoms with Gasteiger partial charge in [-0.15, -0.1) is 0 Å². The zero-order valence-corrected chi connectivity index (χ0v) is 23.6. The van der Waals surface area contributed by atoms with Gasteiger partial charge in [-0.1, -0.05) is 48.5 Å². The monoisotopic (exact) mass is 577 g/mol. The van der Waals surface area contributed by atoms with Gasteiger partial charge in [-0.3, -0.25) is 10.2 Å². The summed E-state index contributed by atoms with van der Waals surface area (Å²) in [4.78, 5) is 19.0. The molecule has 0 bridgehead atoms. The van der Waals surface area contributed by atoms with Crippen molar-refractivity contribution < 1.29 is 27.8 Å². The maximum Gasteiger partial charge on any atom is 0.266 e. The first-order valence-corrected chi connectivity index (χ1v) is 15.5. The SMILES string of the molecule is O=C(NNCC1CC1)[C@@]1(CCS(=O)(=O)c2ccccc2)N=C(c2ccc(OCCCO)cc2)O[C@H]1c1ccccc1. The number of carbonyl (C=O) groups excluding carboxylic acids is 1. The number of ether oxygens (including phenoxy) is 2. The Kier molecular flexibility index (Phi) is 9.02. The summed E-state index contributed by atoms with van der Waals surface area (Å²) in [5, 5.41) is 9.00. The molecule has 3 aromatic rings. The van der Waals surface area contributed by atoms with Gasteiger partial charge in [0.2, 0.25) is 5.90 Å². The van der Waals surface area contributed by atoms with Crippen LogP contribution in [0.1, 0.15) is 42.9 Å². The molecule has 1 aliphatic carbocycles. The molecule has 1 aliphatic heterocycles. The lowest BCUT2D eigenvalue weighted by Crippen LogP contribution is -2.53. The Labute approximate surface area is 240 Å². The summed E-state index contributed by atoms with van der Waals surface area (Å²) in [6, 6.07) is 24.6. The lowest BCUT2D eigenvalue weighted by Gasteiger charge is -2.30. The summed E-state index contributed by atoms with van der Waals surface area (Å²) in [6.45, 7) is 1.06. The van der Waals surface area contributed by atoms with Crippen molar-refractivity contribution in [1.82, 2.24) is 10.9 Å². The predicted octanol–water partition coefficient (Wildman–Crippen LogP) is 3.60.